The van der Waals surface area contributed by atoms with Crippen molar-refractivity contribution < 1.29 is 14.1 Å². The first-order chi connectivity index (χ1) is 13.4. The van der Waals surface area contributed by atoms with Crippen molar-refractivity contribution in [3.05, 3.63) is 68.7 Å². The van der Waals surface area contributed by atoms with Crippen LogP contribution in [0, 0.1) is 10.1 Å². The first-order valence-electron chi connectivity index (χ1n) is 9.03. The Bertz CT molecular complexity index is 1080. The van der Waals surface area contributed by atoms with Crippen molar-refractivity contribution in [1.29, 1.82) is 0 Å². The van der Waals surface area contributed by atoms with Gasteiger partial charge in [0, 0.05) is 24.7 Å². The number of nitro benzene ring substituents is 1. The van der Waals surface area contributed by atoms with Gasteiger partial charge in [-0.05, 0) is 30.0 Å². The number of aromatic nitrogens is 1. The fraction of sp³-hybridized carbons (Fsp3) is 0.300. The van der Waals surface area contributed by atoms with Gasteiger partial charge < -0.3 is 9.73 Å². The van der Waals surface area contributed by atoms with Crippen LogP contribution in [-0.4, -0.2) is 15.4 Å². The summed E-state index contributed by atoms with van der Waals surface area (Å²) in [5.41, 5.74) is 2.35. The molecule has 1 amide bonds. The molecule has 0 aliphatic carbocycles. The summed E-state index contributed by atoms with van der Waals surface area (Å²) in [7, 11) is 0. The average Bonchev–Trinajstić information content (AvgIpc) is 2.96. The predicted octanol–water partition coefficient (Wildman–Crippen LogP) is 4.05. The van der Waals surface area contributed by atoms with Gasteiger partial charge in [-0.1, -0.05) is 32.0 Å². The lowest BCUT2D eigenvalue weighted by Crippen LogP contribution is -2.17. The van der Waals surface area contributed by atoms with Gasteiger partial charge in [0.1, 0.15) is 0 Å². The number of hydrogen-bond acceptors (Lipinski definition) is 5. The number of para-hydroxylation sites is 1. The van der Waals surface area contributed by atoms with E-state index < -0.39 is 10.7 Å². The Hall–Kier alpha value is -3.42. The van der Waals surface area contributed by atoms with Crippen molar-refractivity contribution in [3.63, 3.8) is 0 Å². The third-order valence-electron chi connectivity index (χ3n) is 4.51. The highest BCUT2D eigenvalue weighted by Gasteiger charge is 2.15. The van der Waals surface area contributed by atoms with Crippen LogP contribution in [0.4, 0.5) is 11.4 Å². The van der Waals surface area contributed by atoms with Crippen molar-refractivity contribution in [3.8, 4) is 0 Å². The molecule has 0 unspecified atom stereocenters. The summed E-state index contributed by atoms with van der Waals surface area (Å²) in [4.78, 5) is 34.6. The fourth-order valence-electron chi connectivity index (χ4n) is 3.11. The van der Waals surface area contributed by atoms with E-state index in [0.29, 0.717) is 11.9 Å². The molecule has 1 heterocycles. The highest BCUT2D eigenvalue weighted by Crippen LogP contribution is 2.24. The number of nitro groups is 1. The quantitative estimate of drug-likeness (QED) is 0.489. The molecular formula is C20H21N3O5. The van der Waals surface area contributed by atoms with Crippen molar-refractivity contribution in [2.75, 3.05) is 5.32 Å². The topological polar surface area (TPSA) is 107 Å². The summed E-state index contributed by atoms with van der Waals surface area (Å²) in [6.45, 7) is 4.40. The van der Waals surface area contributed by atoms with Crippen LogP contribution in [0.2, 0.25) is 0 Å². The van der Waals surface area contributed by atoms with Crippen LogP contribution in [0.5, 0.6) is 0 Å². The zero-order valence-corrected chi connectivity index (χ0v) is 15.7. The normalized spacial score (nSPS) is 11.1. The lowest BCUT2D eigenvalue weighted by Gasteiger charge is -2.13. The summed E-state index contributed by atoms with van der Waals surface area (Å²) < 4.78 is 6.47. The van der Waals surface area contributed by atoms with Crippen molar-refractivity contribution in [2.24, 2.45) is 0 Å². The van der Waals surface area contributed by atoms with E-state index >= 15 is 0 Å². The Morgan fingerprint density at radius 1 is 1.25 bits per heavy atom. The van der Waals surface area contributed by atoms with Gasteiger partial charge in [0.2, 0.25) is 5.91 Å². The number of non-ortho nitro benzene ring substituents is 1. The van der Waals surface area contributed by atoms with Gasteiger partial charge in [-0.3, -0.25) is 19.5 Å². The van der Waals surface area contributed by atoms with Gasteiger partial charge in [-0.25, -0.2) is 4.79 Å². The van der Waals surface area contributed by atoms with Crippen LogP contribution in [0.3, 0.4) is 0 Å². The average molecular weight is 383 g/mol. The van der Waals surface area contributed by atoms with Crippen LogP contribution in [-0.2, 0) is 11.3 Å². The van der Waals surface area contributed by atoms with E-state index in [4.69, 9.17) is 4.42 Å². The molecule has 0 aliphatic rings. The van der Waals surface area contributed by atoms with Crippen molar-refractivity contribution >= 4 is 28.4 Å². The maximum Gasteiger partial charge on any atom is 0.419 e. The SMILES string of the molecule is CC(C)c1ccccc1NC(=O)CCCn1c(=O)oc2cc([N+](=O)[O-])ccc21. The lowest BCUT2D eigenvalue weighted by molar-refractivity contribution is -0.384. The number of carbonyl (C=O) groups is 1. The number of nitrogens with one attached hydrogen (secondary N) is 1. The Balaban J connectivity index is 1.65. The van der Waals surface area contributed by atoms with E-state index in [1.165, 1.54) is 22.8 Å². The number of rotatable bonds is 7. The van der Waals surface area contributed by atoms with Crippen LogP contribution in [0.1, 0.15) is 38.2 Å². The fourth-order valence-corrected chi connectivity index (χ4v) is 3.11. The molecule has 0 radical (unpaired) electrons. The molecule has 1 N–H and O–H groups in total. The Kier molecular flexibility index (Phi) is 5.58. The maximum atomic E-state index is 12.3. The van der Waals surface area contributed by atoms with E-state index in [1.807, 2.05) is 24.3 Å². The lowest BCUT2D eigenvalue weighted by atomic mass is 10.0. The van der Waals surface area contributed by atoms with E-state index in [1.54, 1.807) is 0 Å². The molecule has 0 atom stereocenters. The Morgan fingerprint density at radius 2 is 2.00 bits per heavy atom. The van der Waals surface area contributed by atoms with Gasteiger partial charge in [-0.2, -0.15) is 0 Å². The highest BCUT2D eigenvalue weighted by atomic mass is 16.6. The van der Waals surface area contributed by atoms with Crippen molar-refractivity contribution in [1.82, 2.24) is 4.57 Å². The Morgan fingerprint density at radius 3 is 2.71 bits per heavy atom. The van der Waals surface area contributed by atoms with E-state index in [2.05, 4.69) is 19.2 Å². The zero-order valence-electron chi connectivity index (χ0n) is 15.7. The van der Waals surface area contributed by atoms with E-state index in [9.17, 15) is 19.7 Å². The maximum absolute atomic E-state index is 12.3. The summed E-state index contributed by atoms with van der Waals surface area (Å²) in [5, 5.41) is 13.8. The number of nitrogens with zero attached hydrogens (tertiary/aromatic N) is 2. The molecule has 146 valence electrons. The molecule has 0 bridgehead atoms. The molecule has 8 heteroatoms. The minimum atomic E-state index is -0.596. The molecule has 1 aromatic heterocycles. The summed E-state index contributed by atoms with van der Waals surface area (Å²) >= 11 is 0. The molecule has 0 fully saturated rings. The predicted molar refractivity (Wildman–Crippen MR) is 106 cm³/mol. The number of anilines is 1. The smallest absolute Gasteiger partial charge is 0.407 e. The molecule has 2 aromatic carbocycles. The van der Waals surface area contributed by atoms with Gasteiger partial charge in [0.05, 0.1) is 16.5 Å². The number of carbonyl (C=O) groups excluding carboxylic acids is 1. The largest absolute Gasteiger partial charge is 0.419 e. The molecule has 28 heavy (non-hydrogen) atoms. The van der Waals surface area contributed by atoms with Gasteiger partial charge >= 0.3 is 5.76 Å². The monoisotopic (exact) mass is 383 g/mol. The summed E-state index contributed by atoms with van der Waals surface area (Å²) in [6, 6.07) is 11.7. The highest BCUT2D eigenvalue weighted by molar-refractivity contribution is 5.91. The Labute approximate surface area is 160 Å². The molecular weight excluding hydrogens is 362 g/mol. The zero-order chi connectivity index (χ0) is 20.3. The standard InChI is InChI=1S/C20H21N3O5/c1-13(2)15-6-3-4-7-16(15)21-19(24)8-5-11-22-17-10-9-14(23(26)27)12-18(17)28-20(22)25/h3-4,6-7,9-10,12-13H,5,8,11H2,1-2H3,(H,21,24). The number of aryl methyl sites for hydroxylation is 1. The number of oxazole rings is 1. The molecule has 3 rings (SSSR count). The minimum Gasteiger partial charge on any atom is -0.407 e. The summed E-state index contributed by atoms with van der Waals surface area (Å²) in [6.07, 6.45) is 0.666. The van der Waals surface area contributed by atoms with Crippen LogP contribution >= 0.6 is 0 Å². The van der Waals surface area contributed by atoms with E-state index in [0.717, 1.165) is 11.3 Å². The van der Waals surface area contributed by atoms with Gasteiger partial charge in [-0.15, -0.1) is 0 Å². The van der Waals surface area contributed by atoms with Crippen molar-refractivity contribution in [2.45, 2.75) is 39.2 Å². The first-order valence-corrected chi connectivity index (χ1v) is 9.03. The number of hydrogen-bond donors (Lipinski definition) is 1. The second kappa shape index (κ2) is 8.08. The second-order valence-corrected chi connectivity index (χ2v) is 6.82. The number of amides is 1. The third-order valence-corrected chi connectivity index (χ3v) is 4.51. The molecule has 0 saturated heterocycles. The minimum absolute atomic E-state index is 0.135. The molecule has 0 aliphatic heterocycles. The molecule has 0 spiro atoms. The van der Waals surface area contributed by atoms with E-state index in [-0.39, 0.29) is 36.1 Å². The summed E-state index contributed by atoms with van der Waals surface area (Å²) in [5.74, 6) is -0.443. The molecule has 3 aromatic rings. The second-order valence-electron chi connectivity index (χ2n) is 6.82. The van der Waals surface area contributed by atoms with Crippen LogP contribution < -0.4 is 11.1 Å². The van der Waals surface area contributed by atoms with Crippen LogP contribution in [0.15, 0.2) is 51.7 Å². The number of benzene rings is 2. The third kappa shape index (κ3) is 4.11. The first kappa shape index (κ1) is 19.3. The molecule has 0 saturated carbocycles. The van der Waals surface area contributed by atoms with Gasteiger partial charge in [0.15, 0.2) is 5.58 Å². The van der Waals surface area contributed by atoms with Gasteiger partial charge in [0.25, 0.3) is 5.69 Å². The molecule has 8 nitrogen and oxygen atoms in total. The number of fused-ring (bicyclic) bond motifs is 1. The van der Waals surface area contributed by atoms with Crippen LogP contribution in [0.25, 0.3) is 11.1 Å².